The Kier molecular flexibility index (Phi) is 2.58. The Morgan fingerprint density at radius 2 is 2.11 bits per heavy atom. The second-order valence-electron chi connectivity index (χ2n) is 3.97. The number of aromatic nitrogens is 3. The fraction of sp³-hybridized carbons (Fsp3) is 0. The van der Waals surface area contributed by atoms with E-state index in [1.807, 2.05) is 24.3 Å². The van der Waals surface area contributed by atoms with Gasteiger partial charge in [-0.15, -0.1) is 5.10 Å². The molecule has 0 unspecified atom stereocenters. The Morgan fingerprint density at radius 1 is 1.32 bits per heavy atom. The van der Waals surface area contributed by atoms with E-state index in [2.05, 4.69) is 16.2 Å². The van der Waals surface area contributed by atoms with Crippen molar-refractivity contribution < 1.29 is 0 Å². The van der Waals surface area contributed by atoms with E-state index < -0.39 is 0 Å². The molecule has 0 saturated heterocycles. The van der Waals surface area contributed by atoms with Crippen LogP contribution in [-0.4, -0.2) is 14.8 Å². The Balaban J connectivity index is 2.30. The number of halogens is 1. The molecule has 0 spiro atoms. The molecule has 0 aliphatic heterocycles. The Morgan fingerprint density at radius 3 is 2.79 bits per heavy atom. The van der Waals surface area contributed by atoms with Gasteiger partial charge in [-0.3, -0.25) is 0 Å². The van der Waals surface area contributed by atoms with Crippen molar-refractivity contribution >= 4 is 28.3 Å². The summed E-state index contributed by atoms with van der Waals surface area (Å²) in [5.74, 6) is 0.625. The van der Waals surface area contributed by atoms with Crippen molar-refractivity contribution in [1.82, 2.24) is 14.8 Å². The number of rotatable bonds is 1. The molecule has 5 nitrogen and oxygen atoms in total. The van der Waals surface area contributed by atoms with Gasteiger partial charge in [0.25, 0.3) is 0 Å². The molecule has 3 aromatic rings. The van der Waals surface area contributed by atoms with Crippen molar-refractivity contribution in [3.8, 4) is 11.9 Å². The monoisotopic (exact) mass is 269 g/mol. The van der Waals surface area contributed by atoms with Crippen LogP contribution in [0.5, 0.6) is 0 Å². The lowest BCUT2D eigenvalue weighted by atomic mass is 10.1. The van der Waals surface area contributed by atoms with Gasteiger partial charge in [0, 0.05) is 5.39 Å². The van der Waals surface area contributed by atoms with Crippen LogP contribution in [0.1, 0.15) is 5.56 Å². The van der Waals surface area contributed by atoms with Crippen LogP contribution in [0.2, 0.25) is 5.02 Å². The molecule has 0 saturated carbocycles. The molecule has 0 atom stereocenters. The van der Waals surface area contributed by atoms with Gasteiger partial charge in [0.05, 0.1) is 17.3 Å². The van der Waals surface area contributed by atoms with Gasteiger partial charge < -0.3 is 5.73 Å². The number of pyridine rings is 1. The maximum absolute atomic E-state index is 9.22. The number of nitrogens with zero attached hydrogens (tertiary/aromatic N) is 4. The summed E-state index contributed by atoms with van der Waals surface area (Å²) in [5, 5.41) is 14.5. The number of anilines is 1. The largest absolute Gasteiger partial charge is 0.381 e. The number of hydrogen-bond donors (Lipinski definition) is 1. The lowest BCUT2D eigenvalue weighted by molar-refractivity contribution is 0.854. The molecule has 19 heavy (non-hydrogen) atoms. The number of hydrogen-bond acceptors (Lipinski definition) is 4. The maximum atomic E-state index is 9.22. The molecule has 0 fully saturated rings. The van der Waals surface area contributed by atoms with Crippen molar-refractivity contribution in [3.05, 3.63) is 47.1 Å². The van der Waals surface area contributed by atoms with Crippen LogP contribution in [0.4, 0.5) is 5.82 Å². The third-order valence-corrected chi connectivity index (χ3v) is 3.03. The molecule has 0 aliphatic carbocycles. The summed E-state index contributed by atoms with van der Waals surface area (Å²) in [6.07, 6.45) is 1.54. The molecule has 0 radical (unpaired) electrons. The molecular formula is C13H8ClN5. The Labute approximate surface area is 113 Å². The SMILES string of the molecule is N#Cc1cc2ccccc2nc1-n1cc(Cl)c(N)n1. The van der Waals surface area contributed by atoms with E-state index >= 15 is 0 Å². The zero-order valence-corrected chi connectivity index (χ0v) is 10.5. The van der Waals surface area contributed by atoms with Crippen molar-refractivity contribution in [2.45, 2.75) is 0 Å². The summed E-state index contributed by atoms with van der Waals surface area (Å²) in [5.41, 5.74) is 6.80. The first kappa shape index (κ1) is 11.5. The van der Waals surface area contributed by atoms with Crippen LogP contribution in [0.15, 0.2) is 36.5 Å². The first-order valence-electron chi connectivity index (χ1n) is 5.50. The van der Waals surface area contributed by atoms with Crippen molar-refractivity contribution in [2.24, 2.45) is 0 Å². The summed E-state index contributed by atoms with van der Waals surface area (Å²) in [7, 11) is 0. The highest BCUT2D eigenvalue weighted by atomic mass is 35.5. The van der Waals surface area contributed by atoms with Crippen molar-refractivity contribution in [1.29, 1.82) is 5.26 Å². The summed E-state index contributed by atoms with van der Waals surface area (Å²) in [6.45, 7) is 0. The van der Waals surface area contributed by atoms with Crippen LogP contribution in [-0.2, 0) is 0 Å². The minimum atomic E-state index is 0.209. The standard InChI is InChI=1S/C13H8ClN5/c14-10-7-19(18-12(10)16)13-9(6-15)5-8-3-1-2-4-11(8)17-13/h1-5,7H,(H2,16,18). The van der Waals surface area contributed by atoms with E-state index in [1.54, 1.807) is 6.07 Å². The quantitative estimate of drug-likeness (QED) is 0.736. The first-order chi connectivity index (χ1) is 9.19. The summed E-state index contributed by atoms with van der Waals surface area (Å²) < 4.78 is 1.42. The lowest BCUT2D eigenvalue weighted by Gasteiger charge is -2.05. The molecule has 2 N–H and O–H groups in total. The molecule has 1 aromatic carbocycles. The van der Waals surface area contributed by atoms with Gasteiger partial charge in [-0.25, -0.2) is 9.67 Å². The fourth-order valence-corrected chi connectivity index (χ4v) is 1.97. The smallest absolute Gasteiger partial charge is 0.171 e. The summed E-state index contributed by atoms with van der Waals surface area (Å²) in [6, 6.07) is 11.4. The molecule has 6 heteroatoms. The van der Waals surface area contributed by atoms with E-state index in [-0.39, 0.29) is 5.82 Å². The van der Waals surface area contributed by atoms with Gasteiger partial charge in [-0.2, -0.15) is 5.26 Å². The van der Waals surface area contributed by atoms with Gasteiger partial charge in [0.1, 0.15) is 11.1 Å². The Bertz CT molecular complexity index is 796. The highest BCUT2D eigenvalue weighted by Gasteiger charge is 2.11. The molecule has 0 amide bonds. The number of nitrogens with two attached hydrogens (primary N) is 1. The predicted molar refractivity (Wildman–Crippen MR) is 73.0 cm³/mol. The van der Waals surface area contributed by atoms with Crippen molar-refractivity contribution in [3.63, 3.8) is 0 Å². The third kappa shape index (κ3) is 1.88. The summed E-state index contributed by atoms with van der Waals surface area (Å²) >= 11 is 5.87. The summed E-state index contributed by atoms with van der Waals surface area (Å²) in [4.78, 5) is 4.43. The molecule has 0 aliphatic rings. The van der Waals surface area contributed by atoms with Gasteiger partial charge in [0.15, 0.2) is 11.6 Å². The first-order valence-corrected chi connectivity index (χ1v) is 5.88. The van der Waals surface area contributed by atoms with Gasteiger partial charge in [0.2, 0.25) is 0 Å². The van der Waals surface area contributed by atoms with Gasteiger partial charge >= 0.3 is 0 Å². The fourth-order valence-electron chi connectivity index (χ4n) is 1.84. The number of nitrogen functional groups attached to an aromatic ring is 1. The average Bonchev–Trinajstić information content (AvgIpc) is 2.77. The van der Waals surface area contributed by atoms with Crippen LogP contribution in [0.3, 0.4) is 0 Å². The molecule has 3 rings (SSSR count). The third-order valence-electron chi connectivity index (χ3n) is 2.74. The van der Waals surface area contributed by atoms with E-state index in [9.17, 15) is 5.26 Å². The molecule has 2 aromatic heterocycles. The highest BCUT2D eigenvalue weighted by molar-refractivity contribution is 6.32. The van der Waals surface area contributed by atoms with E-state index in [0.717, 1.165) is 10.9 Å². The highest BCUT2D eigenvalue weighted by Crippen LogP contribution is 2.22. The second kappa shape index (κ2) is 4.26. The number of benzene rings is 1. The van der Waals surface area contributed by atoms with Crippen LogP contribution < -0.4 is 5.73 Å². The minimum Gasteiger partial charge on any atom is -0.381 e. The normalized spacial score (nSPS) is 10.5. The van der Waals surface area contributed by atoms with Crippen LogP contribution in [0, 0.1) is 11.3 Å². The average molecular weight is 270 g/mol. The van der Waals surface area contributed by atoms with Crippen LogP contribution >= 0.6 is 11.6 Å². The zero-order chi connectivity index (χ0) is 13.4. The predicted octanol–water partition coefficient (Wildman–Crippen LogP) is 2.53. The minimum absolute atomic E-state index is 0.209. The van der Waals surface area contributed by atoms with Crippen LogP contribution in [0.25, 0.3) is 16.7 Å². The van der Waals surface area contributed by atoms with E-state index in [4.69, 9.17) is 17.3 Å². The molecule has 92 valence electrons. The van der Waals surface area contributed by atoms with Gasteiger partial charge in [-0.1, -0.05) is 29.8 Å². The molecule has 0 bridgehead atoms. The zero-order valence-electron chi connectivity index (χ0n) is 9.71. The molecule has 2 heterocycles. The number of fused-ring (bicyclic) bond motifs is 1. The number of nitriles is 1. The maximum Gasteiger partial charge on any atom is 0.171 e. The Hall–Kier alpha value is -2.58. The second-order valence-corrected chi connectivity index (χ2v) is 4.38. The molecular weight excluding hydrogens is 262 g/mol. The number of para-hydroxylation sites is 1. The lowest BCUT2D eigenvalue weighted by Crippen LogP contribution is -2.02. The topological polar surface area (TPSA) is 80.5 Å². The van der Waals surface area contributed by atoms with E-state index in [0.29, 0.717) is 16.4 Å². The van der Waals surface area contributed by atoms with E-state index in [1.165, 1.54) is 10.9 Å². The van der Waals surface area contributed by atoms with Crippen molar-refractivity contribution in [2.75, 3.05) is 5.73 Å². The van der Waals surface area contributed by atoms with Gasteiger partial charge in [-0.05, 0) is 12.1 Å².